The average molecular weight is 241 g/mol. The van der Waals surface area contributed by atoms with Crippen molar-refractivity contribution in [2.24, 2.45) is 5.92 Å². The van der Waals surface area contributed by atoms with Crippen molar-refractivity contribution in [1.29, 1.82) is 0 Å². The number of hydrogen-bond donors (Lipinski definition) is 1. The molecule has 102 valence electrons. The molecule has 0 saturated carbocycles. The van der Waals surface area contributed by atoms with Gasteiger partial charge in [-0.3, -0.25) is 4.79 Å². The second kappa shape index (κ2) is 10.6. The molecule has 1 amide bonds. The van der Waals surface area contributed by atoms with E-state index < -0.39 is 0 Å². The summed E-state index contributed by atoms with van der Waals surface area (Å²) < 4.78 is 0. The average Bonchev–Trinajstić information content (AvgIpc) is 2.29. The Morgan fingerprint density at radius 2 is 1.47 bits per heavy atom. The van der Waals surface area contributed by atoms with Gasteiger partial charge >= 0.3 is 0 Å². The highest BCUT2D eigenvalue weighted by Gasteiger charge is 2.14. The Morgan fingerprint density at radius 3 is 2.00 bits per heavy atom. The zero-order chi connectivity index (χ0) is 13.1. The van der Waals surface area contributed by atoms with Crippen LogP contribution in [0.2, 0.25) is 0 Å². The molecule has 0 aromatic heterocycles. The van der Waals surface area contributed by atoms with Crippen LogP contribution in [0, 0.1) is 5.92 Å². The SMILES string of the molecule is CCCCCC(C)NC(=O)C(C)CCCCC. The fourth-order valence-corrected chi connectivity index (χ4v) is 1.99. The second-order valence-electron chi connectivity index (χ2n) is 5.30. The van der Waals surface area contributed by atoms with Crippen LogP contribution < -0.4 is 5.32 Å². The summed E-state index contributed by atoms with van der Waals surface area (Å²) >= 11 is 0. The van der Waals surface area contributed by atoms with Crippen LogP contribution in [0.5, 0.6) is 0 Å². The summed E-state index contributed by atoms with van der Waals surface area (Å²) in [7, 11) is 0. The van der Waals surface area contributed by atoms with Crippen LogP contribution in [0.3, 0.4) is 0 Å². The third-order valence-electron chi connectivity index (χ3n) is 3.32. The molecule has 0 rings (SSSR count). The van der Waals surface area contributed by atoms with Crippen LogP contribution >= 0.6 is 0 Å². The van der Waals surface area contributed by atoms with Crippen molar-refractivity contribution in [2.45, 2.75) is 85.1 Å². The summed E-state index contributed by atoms with van der Waals surface area (Å²) in [5.41, 5.74) is 0. The zero-order valence-electron chi connectivity index (χ0n) is 12.2. The molecule has 0 fully saturated rings. The first-order chi connectivity index (χ1) is 8.11. The normalized spacial score (nSPS) is 14.4. The molecule has 1 N–H and O–H groups in total. The molecule has 17 heavy (non-hydrogen) atoms. The van der Waals surface area contributed by atoms with Crippen molar-refractivity contribution in [3.8, 4) is 0 Å². The minimum Gasteiger partial charge on any atom is -0.353 e. The van der Waals surface area contributed by atoms with E-state index in [-0.39, 0.29) is 11.8 Å². The molecule has 2 heteroatoms. The van der Waals surface area contributed by atoms with Crippen LogP contribution in [0.25, 0.3) is 0 Å². The Balaban J connectivity index is 3.67. The van der Waals surface area contributed by atoms with Gasteiger partial charge in [-0.25, -0.2) is 0 Å². The topological polar surface area (TPSA) is 29.1 Å². The predicted molar refractivity (Wildman–Crippen MR) is 75.1 cm³/mol. The van der Waals surface area contributed by atoms with Gasteiger partial charge in [-0.15, -0.1) is 0 Å². The lowest BCUT2D eigenvalue weighted by Gasteiger charge is -2.17. The van der Waals surface area contributed by atoms with Crippen molar-refractivity contribution in [3.63, 3.8) is 0 Å². The first-order valence-corrected chi connectivity index (χ1v) is 7.42. The van der Waals surface area contributed by atoms with Gasteiger partial charge in [0.2, 0.25) is 5.91 Å². The van der Waals surface area contributed by atoms with E-state index in [0.717, 1.165) is 12.8 Å². The minimum absolute atomic E-state index is 0.176. The third-order valence-corrected chi connectivity index (χ3v) is 3.32. The molecular formula is C15H31NO. The first kappa shape index (κ1) is 16.5. The standard InChI is InChI=1S/C15H31NO/c1-5-7-9-11-13(3)15(17)16-14(4)12-10-8-6-2/h13-14H,5-12H2,1-4H3,(H,16,17). The Morgan fingerprint density at radius 1 is 0.941 bits per heavy atom. The summed E-state index contributed by atoms with van der Waals surface area (Å²) in [5, 5.41) is 3.13. The van der Waals surface area contributed by atoms with Gasteiger partial charge in [0.1, 0.15) is 0 Å². The monoisotopic (exact) mass is 241 g/mol. The molecule has 2 atom stereocenters. The van der Waals surface area contributed by atoms with Gasteiger partial charge in [0.25, 0.3) is 0 Å². The molecule has 2 nitrogen and oxygen atoms in total. The summed E-state index contributed by atoms with van der Waals surface area (Å²) in [6.45, 7) is 8.57. The molecule has 0 radical (unpaired) electrons. The first-order valence-electron chi connectivity index (χ1n) is 7.42. The maximum atomic E-state index is 11.9. The fourth-order valence-electron chi connectivity index (χ4n) is 1.99. The van der Waals surface area contributed by atoms with Crippen molar-refractivity contribution in [3.05, 3.63) is 0 Å². The Labute approximate surface area is 108 Å². The van der Waals surface area contributed by atoms with Crippen LogP contribution in [0.4, 0.5) is 0 Å². The van der Waals surface area contributed by atoms with E-state index in [1.807, 2.05) is 6.92 Å². The van der Waals surface area contributed by atoms with E-state index in [2.05, 4.69) is 26.1 Å². The van der Waals surface area contributed by atoms with Crippen molar-refractivity contribution >= 4 is 5.91 Å². The number of hydrogen-bond acceptors (Lipinski definition) is 1. The molecule has 0 saturated heterocycles. The number of carbonyl (C=O) groups is 1. The number of unbranched alkanes of at least 4 members (excludes halogenated alkanes) is 4. The highest BCUT2D eigenvalue weighted by Crippen LogP contribution is 2.10. The highest BCUT2D eigenvalue weighted by molar-refractivity contribution is 5.78. The lowest BCUT2D eigenvalue weighted by atomic mass is 10.0. The number of amides is 1. The van der Waals surface area contributed by atoms with Gasteiger partial charge in [0.05, 0.1) is 0 Å². The maximum absolute atomic E-state index is 11.9. The van der Waals surface area contributed by atoms with E-state index >= 15 is 0 Å². The second-order valence-corrected chi connectivity index (χ2v) is 5.30. The molecule has 0 aromatic carbocycles. The van der Waals surface area contributed by atoms with Gasteiger partial charge in [0, 0.05) is 12.0 Å². The van der Waals surface area contributed by atoms with Crippen LogP contribution in [-0.4, -0.2) is 11.9 Å². The van der Waals surface area contributed by atoms with Crippen LogP contribution in [-0.2, 0) is 4.79 Å². The zero-order valence-corrected chi connectivity index (χ0v) is 12.2. The molecule has 0 heterocycles. The number of nitrogens with one attached hydrogen (secondary N) is 1. The largest absolute Gasteiger partial charge is 0.353 e. The minimum atomic E-state index is 0.176. The van der Waals surface area contributed by atoms with Crippen molar-refractivity contribution in [1.82, 2.24) is 5.32 Å². The van der Waals surface area contributed by atoms with Gasteiger partial charge in [-0.2, -0.15) is 0 Å². The molecule has 0 aliphatic heterocycles. The van der Waals surface area contributed by atoms with Crippen molar-refractivity contribution in [2.75, 3.05) is 0 Å². The Bertz CT molecular complexity index is 191. The quantitative estimate of drug-likeness (QED) is 0.568. The summed E-state index contributed by atoms with van der Waals surface area (Å²) in [6.07, 6.45) is 9.52. The lowest BCUT2D eigenvalue weighted by Crippen LogP contribution is -2.36. The van der Waals surface area contributed by atoms with Crippen LogP contribution in [0.1, 0.15) is 79.1 Å². The highest BCUT2D eigenvalue weighted by atomic mass is 16.1. The molecular weight excluding hydrogens is 210 g/mol. The predicted octanol–water partition coefficient (Wildman–Crippen LogP) is 4.29. The molecule has 0 aliphatic rings. The third kappa shape index (κ3) is 9.20. The van der Waals surface area contributed by atoms with E-state index in [4.69, 9.17) is 0 Å². The maximum Gasteiger partial charge on any atom is 0.223 e. The van der Waals surface area contributed by atoms with Crippen LogP contribution in [0.15, 0.2) is 0 Å². The molecule has 0 aliphatic carbocycles. The van der Waals surface area contributed by atoms with E-state index in [9.17, 15) is 4.79 Å². The van der Waals surface area contributed by atoms with Gasteiger partial charge < -0.3 is 5.32 Å². The summed E-state index contributed by atoms with van der Waals surface area (Å²) in [6, 6.07) is 0.336. The summed E-state index contributed by atoms with van der Waals surface area (Å²) in [5.74, 6) is 0.417. The van der Waals surface area contributed by atoms with E-state index in [0.29, 0.717) is 6.04 Å². The Kier molecular flexibility index (Phi) is 10.3. The molecule has 2 unspecified atom stereocenters. The lowest BCUT2D eigenvalue weighted by molar-refractivity contribution is -0.125. The van der Waals surface area contributed by atoms with E-state index in [1.165, 1.54) is 38.5 Å². The molecule has 0 bridgehead atoms. The van der Waals surface area contributed by atoms with Gasteiger partial charge in [0.15, 0.2) is 0 Å². The Hall–Kier alpha value is -0.530. The summed E-state index contributed by atoms with van der Waals surface area (Å²) in [4.78, 5) is 11.9. The molecule has 0 spiro atoms. The van der Waals surface area contributed by atoms with E-state index in [1.54, 1.807) is 0 Å². The fraction of sp³-hybridized carbons (Fsp3) is 0.933. The van der Waals surface area contributed by atoms with Gasteiger partial charge in [-0.1, -0.05) is 59.3 Å². The molecule has 0 aromatic rings. The number of rotatable bonds is 10. The van der Waals surface area contributed by atoms with Gasteiger partial charge in [-0.05, 0) is 19.8 Å². The smallest absolute Gasteiger partial charge is 0.223 e. The number of carbonyl (C=O) groups excluding carboxylic acids is 1. The van der Waals surface area contributed by atoms with Crippen molar-refractivity contribution < 1.29 is 4.79 Å².